The van der Waals surface area contributed by atoms with E-state index in [4.69, 9.17) is 0 Å². The predicted octanol–water partition coefficient (Wildman–Crippen LogP) is 2.41. The van der Waals surface area contributed by atoms with Crippen molar-refractivity contribution in [1.29, 1.82) is 0 Å². The third-order valence-electron chi connectivity index (χ3n) is 3.77. The number of nitrogens with one attached hydrogen (secondary N) is 1. The molecule has 22 heavy (non-hydrogen) atoms. The molecule has 1 saturated heterocycles. The van der Waals surface area contributed by atoms with Crippen LogP contribution in [0.2, 0.25) is 0 Å². The summed E-state index contributed by atoms with van der Waals surface area (Å²) in [5, 5.41) is 5.16. The zero-order chi connectivity index (χ0) is 15.4. The fraction of sp³-hybridized carbons (Fsp3) is 0.294. The van der Waals surface area contributed by atoms with Crippen molar-refractivity contribution in [3.63, 3.8) is 0 Å². The molecule has 1 aromatic heterocycles. The molecule has 0 spiro atoms. The van der Waals surface area contributed by atoms with Crippen molar-refractivity contribution < 1.29 is 9.59 Å². The Bertz CT molecular complexity index is 659. The van der Waals surface area contributed by atoms with Crippen LogP contribution in [0.3, 0.4) is 0 Å². The van der Waals surface area contributed by atoms with E-state index < -0.39 is 0 Å². The normalized spacial score (nSPS) is 15.4. The number of nitrogens with zero attached hydrogens (tertiary/aromatic N) is 1. The summed E-state index contributed by atoms with van der Waals surface area (Å²) in [4.78, 5) is 27.9. The quantitative estimate of drug-likeness (QED) is 0.885. The maximum atomic E-state index is 12.8. The lowest BCUT2D eigenvalue weighted by atomic mass is 10.0. The van der Waals surface area contributed by atoms with E-state index in [0.29, 0.717) is 22.5 Å². The Morgan fingerprint density at radius 2 is 1.82 bits per heavy atom. The van der Waals surface area contributed by atoms with Gasteiger partial charge in [0.15, 0.2) is 0 Å². The van der Waals surface area contributed by atoms with E-state index in [1.165, 1.54) is 11.3 Å². The Kier molecular flexibility index (Phi) is 4.65. The fourth-order valence-corrected chi connectivity index (χ4v) is 3.31. The summed E-state index contributed by atoms with van der Waals surface area (Å²) >= 11 is 1.40. The summed E-state index contributed by atoms with van der Waals surface area (Å²) in [6.07, 6.45) is 0.937. The van der Waals surface area contributed by atoms with E-state index in [1.807, 2.05) is 28.5 Å². The van der Waals surface area contributed by atoms with Crippen molar-refractivity contribution in [1.82, 2.24) is 10.2 Å². The van der Waals surface area contributed by atoms with Crippen LogP contribution in [0.15, 0.2) is 41.8 Å². The van der Waals surface area contributed by atoms with Gasteiger partial charge in [-0.3, -0.25) is 9.59 Å². The van der Waals surface area contributed by atoms with Crippen LogP contribution in [0.25, 0.3) is 0 Å². The van der Waals surface area contributed by atoms with E-state index in [1.54, 1.807) is 18.2 Å². The maximum absolute atomic E-state index is 12.8. The molecule has 0 saturated carbocycles. The number of rotatable bonds is 3. The second kappa shape index (κ2) is 6.85. The van der Waals surface area contributed by atoms with Gasteiger partial charge in [-0.1, -0.05) is 24.3 Å². The van der Waals surface area contributed by atoms with E-state index in [2.05, 4.69) is 5.32 Å². The fourth-order valence-electron chi connectivity index (χ4n) is 2.63. The minimum Gasteiger partial charge on any atom is -0.337 e. The van der Waals surface area contributed by atoms with Crippen LogP contribution in [-0.4, -0.2) is 42.8 Å². The van der Waals surface area contributed by atoms with Gasteiger partial charge in [0.2, 0.25) is 5.78 Å². The third-order valence-corrected chi connectivity index (χ3v) is 4.64. The van der Waals surface area contributed by atoms with E-state index in [9.17, 15) is 9.59 Å². The highest BCUT2D eigenvalue weighted by atomic mass is 32.1. The minimum absolute atomic E-state index is 0.0517. The third kappa shape index (κ3) is 3.10. The molecule has 1 aliphatic rings. The van der Waals surface area contributed by atoms with Gasteiger partial charge in [-0.25, -0.2) is 0 Å². The van der Waals surface area contributed by atoms with Gasteiger partial charge in [-0.05, 0) is 30.5 Å². The van der Waals surface area contributed by atoms with Crippen LogP contribution in [0.4, 0.5) is 0 Å². The molecule has 2 heterocycles. The topological polar surface area (TPSA) is 49.4 Å². The number of benzene rings is 1. The Labute approximate surface area is 133 Å². The molecule has 114 valence electrons. The molecule has 2 aromatic rings. The highest BCUT2D eigenvalue weighted by molar-refractivity contribution is 7.12. The first-order valence-corrected chi connectivity index (χ1v) is 8.32. The van der Waals surface area contributed by atoms with E-state index >= 15 is 0 Å². The lowest BCUT2D eigenvalue weighted by molar-refractivity contribution is 0.0762. The first-order valence-electron chi connectivity index (χ1n) is 7.44. The van der Waals surface area contributed by atoms with Crippen LogP contribution in [0.1, 0.15) is 32.0 Å². The Balaban J connectivity index is 1.90. The molecule has 0 aliphatic carbocycles. The number of carbonyl (C=O) groups excluding carboxylic acids is 2. The molecule has 0 unspecified atom stereocenters. The van der Waals surface area contributed by atoms with Gasteiger partial charge in [0.1, 0.15) is 0 Å². The maximum Gasteiger partial charge on any atom is 0.254 e. The van der Waals surface area contributed by atoms with Crippen molar-refractivity contribution in [3.8, 4) is 0 Å². The average Bonchev–Trinajstić information content (AvgIpc) is 2.96. The van der Waals surface area contributed by atoms with Crippen LogP contribution in [0, 0.1) is 0 Å². The first kappa shape index (κ1) is 14.9. The molecule has 4 nitrogen and oxygen atoms in total. The zero-order valence-electron chi connectivity index (χ0n) is 12.2. The van der Waals surface area contributed by atoms with Gasteiger partial charge in [0, 0.05) is 25.2 Å². The number of hydrogen-bond donors (Lipinski definition) is 1. The van der Waals surface area contributed by atoms with Crippen LogP contribution in [0.5, 0.6) is 0 Å². The van der Waals surface area contributed by atoms with Crippen LogP contribution in [-0.2, 0) is 0 Å². The molecular weight excluding hydrogens is 296 g/mol. The van der Waals surface area contributed by atoms with Gasteiger partial charge in [-0.15, -0.1) is 11.3 Å². The predicted molar refractivity (Wildman–Crippen MR) is 87.6 cm³/mol. The van der Waals surface area contributed by atoms with Gasteiger partial charge >= 0.3 is 0 Å². The molecule has 1 fully saturated rings. The van der Waals surface area contributed by atoms with Gasteiger partial charge in [0.05, 0.1) is 10.4 Å². The highest BCUT2D eigenvalue weighted by Crippen LogP contribution is 2.20. The SMILES string of the molecule is O=C(c1cccs1)c1ccccc1C(=O)N1CCCNCC1. The highest BCUT2D eigenvalue weighted by Gasteiger charge is 2.23. The summed E-state index contributed by atoms with van der Waals surface area (Å²) in [7, 11) is 0. The summed E-state index contributed by atoms with van der Waals surface area (Å²) in [5.41, 5.74) is 0.995. The average molecular weight is 314 g/mol. The molecule has 0 atom stereocenters. The lowest BCUT2D eigenvalue weighted by Crippen LogP contribution is -2.35. The Hall–Kier alpha value is -1.98. The number of hydrogen-bond acceptors (Lipinski definition) is 4. The second-order valence-electron chi connectivity index (χ2n) is 5.25. The molecule has 5 heteroatoms. The van der Waals surface area contributed by atoms with Crippen molar-refractivity contribution >= 4 is 23.0 Å². The lowest BCUT2D eigenvalue weighted by Gasteiger charge is -2.21. The van der Waals surface area contributed by atoms with Crippen molar-refractivity contribution in [3.05, 3.63) is 57.8 Å². The van der Waals surface area contributed by atoms with Gasteiger partial charge < -0.3 is 10.2 Å². The monoisotopic (exact) mass is 314 g/mol. The second-order valence-corrected chi connectivity index (χ2v) is 6.20. The van der Waals surface area contributed by atoms with Gasteiger partial charge in [-0.2, -0.15) is 0 Å². The van der Waals surface area contributed by atoms with Gasteiger partial charge in [0.25, 0.3) is 5.91 Å². The molecular formula is C17H18N2O2S. The summed E-state index contributed by atoms with van der Waals surface area (Å²) in [6, 6.07) is 10.8. The molecule has 3 rings (SSSR count). The summed E-state index contributed by atoms with van der Waals surface area (Å²) in [5.74, 6) is -0.129. The van der Waals surface area contributed by atoms with Crippen LogP contribution >= 0.6 is 11.3 Å². The number of carbonyl (C=O) groups is 2. The Morgan fingerprint density at radius 1 is 1.00 bits per heavy atom. The Morgan fingerprint density at radius 3 is 2.59 bits per heavy atom. The smallest absolute Gasteiger partial charge is 0.254 e. The minimum atomic E-state index is -0.0769. The molecule has 1 N–H and O–H groups in total. The number of thiophene rings is 1. The summed E-state index contributed by atoms with van der Waals surface area (Å²) in [6.45, 7) is 3.14. The van der Waals surface area contributed by atoms with Crippen molar-refractivity contribution in [2.24, 2.45) is 0 Å². The largest absolute Gasteiger partial charge is 0.337 e. The molecule has 0 bridgehead atoms. The van der Waals surface area contributed by atoms with Crippen molar-refractivity contribution in [2.75, 3.05) is 26.2 Å². The first-order chi connectivity index (χ1) is 10.8. The summed E-state index contributed by atoms with van der Waals surface area (Å²) < 4.78 is 0. The number of ketones is 1. The number of amides is 1. The van der Waals surface area contributed by atoms with E-state index in [-0.39, 0.29) is 11.7 Å². The zero-order valence-corrected chi connectivity index (χ0v) is 13.1. The van der Waals surface area contributed by atoms with Crippen molar-refractivity contribution in [2.45, 2.75) is 6.42 Å². The van der Waals surface area contributed by atoms with Crippen LogP contribution < -0.4 is 5.32 Å². The molecule has 1 aromatic carbocycles. The molecule has 0 radical (unpaired) electrons. The standard InChI is InChI=1S/C17H18N2O2S/c20-16(15-7-3-12-22-15)13-5-1-2-6-14(13)17(21)19-10-4-8-18-9-11-19/h1-3,5-7,12,18H,4,8-11H2. The van der Waals surface area contributed by atoms with E-state index in [0.717, 1.165) is 26.1 Å². The molecule has 1 aliphatic heterocycles. The molecule has 1 amide bonds.